The first kappa shape index (κ1) is 14.4. The van der Waals surface area contributed by atoms with Crippen LogP contribution in [0.25, 0.3) is 0 Å². The zero-order valence-electron chi connectivity index (χ0n) is 10.5. The lowest BCUT2D eigenvalue weighted by atomic mass is 10.1. The standard InChI is InChI=1S/C12H12F2N2O3S/c1-2-18-8-5-6(3-4-7(8)19-11(13)14)9-10(17)16-12(20)15-9/h3-5,9,11H,2H2,1H3,(H2,15,16,17,20). The van der Waals surface area contributed by atoms with Crippen LogP contribution in [0, 0.1) is 0 Å². The van der Waals surface area contributed by atoms with Crippen molar-refractivity contribution < 1.29 is 23.0 Å². The monoisotopic (exact) mass is 302 g/mol. The number of amides is 1. The van der Waals surface area contributed by atoms with Crippen molar-refractivity contribution in [3.63, 3.8) is 0 Å². The molecule has 0 saturated carbocycles. The maximum absolute atomic E-state index is 12.3. The number of carbonyl (C=O) groups is 1. The van der Waals surface area contributed by atoms with E-state index < -0.39 is 12.7 Å². The van der Waals surface area contributed by atoms with Gasteiger partial charge in [0.05, 0.1) is 6.61 Å². The molecule has 1 fully saturated rings. The van der Waals surface area contributed by atoms with Gasteiger partial charge in [0.25, 0.3) is 5.91 Å². The van der Waals surface area contributed by atoms with E-state index in [9.17, 15) is 13.6 Å². The summed E-state index contributed by atoms with van der Waals surface area (Å²) < 4.78 is 34.2. The molecular weight excluding hydrogens is 290 g/mol. The van der Waals surface area contributed by atoms with Gasteiger partial charge >= 0.3 is 6.61 Å². The van der Waals surface area contributed by atoms with Crippen LogP contribution in [0.4, 0.5) is 8.78 Å². The first-order valence-electron chi connectivity index (χ1n) is 5.84. The van der Waals surface area contributed by atoms with Crippen LogP contribution in [0.5, 0.6) is 11.5 Å². The second-order valence-electron chi connectivity index (χ2n) is 3.91. The van der Waals surface area contributed by atoms with E-state index in [4.69, 9.17) is 17.0 Å². The highest BCUT2D eigenvalue weighted by Gasteiger charge is 2.29. The molecule has 0 radical (unpaired) electrons. The number of ether oxygens (including phenoxy) is 2. The van der Waals surface area contributed by atoms with Gasteiger partial charge in [-0.2, -0.15) is 8.78 Å². The molecule has 8 heteroatoms. The van der Waals surface area contributed by atoms with Crippen molar-refractivity contribution in [3.8, 4) is 11.5 Å². The van der Waals surface area contributed by atoms with E-state index in [2.05, 4.69) is 15.4 Å². The lowest BCUT2D eigenvalue weighted by Crippen LogP contribution is -2.21. The highest BCUT2D eigenvalue weighted by Crippen LogP contribution is 2.32. The van der Waals surface area contributed by atoms with Gasteiger partial charge in [0, 0.05) is 0 Å². The Morgan fingerprint density at radius 2 is 2.15 bits per heavy atom. The van der Waals surface area contributed by atoms with Crippen LogP contribution in [0.1, 0.15) is 18.5 Å². The molecule has 1 heterocycles. The van der Waals surface area contributed by atoms with Crippen molar-refractivity contribution in [2.75, 3.05) is 6.61 Å². The SMILES string of the molecule is CCOc1cc(C2NC(=S)NC2=O)ccc1OC(F)F. The van der Waals surface area contributed by atoms with Gasteiger partial charge in [0.15, 0.2) is 16.6 Å². The van der Waals surface area contributed by atoms with Crippen LogP contribution in [0.15, 0.2) is 18.2 Å². The van der Waals surface area contributed by atoms with Gasteiger partial charge < -0.3 is 20.1 Å². The molecule has 1 atom stereocenters. The van der Waals surface area contributed by atoms with E-state index in [0.29, 0.717) is 5.56 Å². The molecule has 108 valence electrons. The zero-order chi connectivity index (χ0) is 14.7. The molecule has 5 nitrogen and oxygen atoms in total. The summed E-state index contributed by atoms with van der Waals surface area (Å²) in [5.41, 5.74) is 0.549. The maximum atomic E-state index is 12.3. The highest BCUT2D eigenvalue weighted by molar-refractivity contribution is 7.80. The number of nitrogens with one attached hydrogen (secondary N) is 2. The van der Waals surface area contributed by atoms with Gasteiger partial charge in [-0.25, -0.2) is 0 Å². The van der Waals surface area contributed by atoms with E-state index in [-0.39, 0.29) is 29.1 Å². The molecule has 0 spiro atoms. The summed E-state index contributed by atoms with van der Waals surface area (Å²) in [6, 6.07) is 3.66. The third-order valence-corrected chi connectivity index (χ3v) is 2.81. The molecule has 1 aliphatic rings. The van der Waals surface area contributed by atoms with Crippen molar-refractivity contribution in [2.24, 2.45) is 0 Å². The van der Waals surface area contributed by atoms with E-state index in [1.807, 2.05) is 0 Å². The number of carbonyl (C=O) groups excluding carboxylic acids is 1. The summed E-state index contributed by atoms with van der Waals surface area (Å²) in [5, 5.41) is 5.46. The third kappa shape index (κ3) is 3.13. The molecule has 1 amide bonds. The molecule has 1 aromatic carbocycles. The quantitative estimate of drug-likeness (QED) is 0.811. The summed E-state index contributed by atoms with van der Waals surface area (Å²) in [6.45, 7) is -0.944. The summed E-state index contributed by atoms with van der Waals surface area (Å²) in [5.74, 6) is -0.232. The van der Waals surface area contributed by atoms with Crippen molar-refractivity contribution >= 4 is 23.2 Å². The Balaban J connectivity index is 2.29. The molecule has 0 aromatic heterocycles. The Hall–Kier alpha value is -1.96. The number of rotatable bonds is 5. The van der Waals surface area contributed by atoms with Crippen LogP contribution in [0.2, 0.25) is 0 Å². The number of alkyl halides is 2. The highest BCUT2D eigenvalue weighted by atomic mass is 32.1. The van der Waals surface area contributed by atoms with Crippen molar-refractivity contribution in [2.45, 2.75) is 19.6 Å². The fraction of sp³-hybridized carbons (Fsp3) is 0.333. The van der Waals surface area contributed by atoms with Crippen LogP contribution in [0.3, 0.4) is 0 Å². The third-order valence-electron chi connectivity index (χ3n) is 2.59. The van der Waals surface area contributed by atoms with Gasteiger partial charge in [-0.15, -0.1) is 0 Å². The summed E-state index contributed by atoms with van der Waals surface area (Å²) >= 11 is 4.84. The molecule has 2 N–H and O–H groups in total. The molecule has 0 aliphatic carbocycles. The minimum Gasteiger partial charge on any atom is -0.490 e. The smallest absolute Gasteiger partial charge is 0.387 e. The lowest BCUT2D eigenvalue weighted by Gasteiger charge is -2.14. The summed E-state index contributed by atoms with van der Waals surface area (Å²) in [4.78, 5) is 11.7. The predicted octanol–water partition coefficient (Wildman–Crippen LogP) is 1.73. The van der Waals surface area contributed by atoms with Crippen LogP contribution in [-0.4, -0.2) is 24.2 Å². The second-order valence-corrected chi connectivity index (χ2v) is 4.32. The van der Waals surface area contributed by atoms with E-state index in [1.54, 1.807) is 6.92 Å². The summed E-state index contributed by atoms with van der Waals surface area (Å²) in [7, 11) is 0. The minimum absolute atomic E-state index is 0.0772. The molecule has 0 bridgehead atoms. The molecule has 1 aliphatic heterocycles. The predicted molar refractivity (Wildman–Crippen MR) is 70.9 cm³/mol. The molecular formula is C12H12F2N2O3S. The fourth-order valence-corrected chi connectivity index (χ4v) is 2.04. The van der Waals surface area contributed by atoms with E-state index >= 15 is 0 Å². The maximum Gasteiger partial charge on any atom is 0.387 e. The Kier molecular flexibility index (Phi) is 4.33. The minimum atomic E-state index is -2.94. The fourth-order valence-electron chi connectivity index (χ4n) is 1.82. The first-order valence-corrected chi connectivity index (χ1v) is 6.25. The number of hydrogen-bond donors (Lipinski definition) is 2. The second kappa shape index (κ2) is 6.00. The average molecular weight is 302 g/mol. The van der Waals surface area contributed by atoms with E-state index in [1.165, 1.54) is 18.2 Å². The van der Waals surface area contributed by atoms with E-state index in [0.717, 1.165) is 0 Å². The topological polar surface area (TPSA) is 59.6 Å². The molecule has 2 rings (SSSR count). The van der Waals surface area contributed by atoms with Gasteiger partial charge in [-0.05, 0) is 36.8 Å². The number of halogens is 2. The first-order chi connectivity index (χ1) is 9.51. The van der Waals surface area contributed by atoms with Gasteiger partial charge in [-0.1, -0.05) is 6.07 Å². The molecule has 1 aromatic rings. The van der Waals surface area contributed by atoms with Crippen LogP contribution >= 0.6 is 12.2 Å². The molecule has 1 unspecified atom stereocenters. The largest absolute Gasteiger partial charge is 0.490 e. The Morgan fingerprint density at radius 1 is 1.40 bits per heavy atom. The Labute approximate surface area is 119 Å². The van der Waals surface area contributed by atoms with Crippen LogP contribution < -0.4 is 20.1 Å². The van der Waals surface area contributed by atoms with Crippen molar-refractivity contribution in [1.29, 1.82) is 0 Å². The normalized spacial score (nSPS) is 17.9. The number of benzene rings is 1. The lowest BCUT2D eigenvalue weighted by molar-refractivity contribution is -0.120. The van der Waals surface area contributed by atoms with Crippen LogP contribution in [-0.2, 0) is 4.79 Å². The van der Waals surface area contributed by atoms with Crippen molar-refractivity contribution in [1.82, 2.24) is 10.6 Å². The number of thiocarbonyl (C=S) groups is 1. The van der Waals surface area contributed by atoms with Gasteiger partial charge in [-0.3, -0.25) is 4.79 Å². The summed E-state index contributed by atoms with van der Waals surface area (Å²) in [6.07, 6.45) is 0. The van der Waals surface area contributed by atoms with Gasteiger partial charge in [0.1, 0.15) is 6.04 Å². The molecule has 20 heavy (non-hydrogen) atoms. The van der Waals surface area contributed by atoms with Gasteiger partial charge in [0.2, 0.25) is 0 Å². The Morgan fingerprint density at radius 3 is 2.70 bits per heavy atom. The molecule has 1 saturated heterocycles. The average Bonchev–Trinajstić information content (AvgIpc) is 2.70. The number of hydrogen-bond acceptors (Lipinski definition) is 4. The van der Waals surface area contributed by atoms with Crippen molar-refractivity contribution in [3.05, 3.63) is 23.8 Å². The zero-order valence-corrected chi connectivity index (χ0v) is 11.3. The Bertz CT molecular complexity index is 539.